The number of carbonyl (C=O) groups is 2. The molecule has 9 heteroatoms. The maximum Gasteiger partial charge on any atom is 0.274 e. The molecule has 35 heavy (non-hydrogen) atoms. The molecule has 8 nitrogen and oxygen atoms in total. The van der Waals surface area contributed by atoms with Crippen LogP contribution in [0.2, 0.25) is 0 Å². The molecule has 0 N–H and O–H groups in total. The van der Waals surface area contributed by atoms with Gasteiger partial charge in [0.2, 0.25) is 0 Å². The number of benzene rings is 1. The van der Waals surface area contributed by atoms with Gasteiger partial charge < -0.3 is 9.80 Å². The molecule has 0 atom stereocenters. The molecule has 1 saturated carbocycles. The lowest BCUT2D eigenvalue weighted by atomic mass is 10.0. The van der Waals surface area contributed by atoms with Crippen molar-refractivity contribution < 1.29 is 9.59 Å². The lowest BCUT2D eigenvalue weighted by molar-refractivity contribution is 0.0716. The van der Waals surface area contributed by atoms with Gasteiger partial charge in [-0.05, 0) is 30.9 Å². The fraction of sp³-hybridized carbons (Fsp3) is 0.346. The summed E-state index contributed by atoms with van der Waals surface area (Å²) in [6.07, 6.45) is 3.09. The maximum atomic E-state index is 13.5. The molecule has 6 rings (SSSR count). The molecule has 0 spiro atoms. The molecule has 1 aliphatic heterocycles. The molecule has 1 aliphatic carbocycles. The Labute approximate surface area is 207 Å². The van der Waals surface area contributed by atoms with Gasteiger partial charge in [0.15, 0.2) is 5.69 Å². The quantitative estimate of drug-likeness (QED) is 0.414. The van der Waals surface area contributed by atoms with Gasteiger partial charge in [-0.3, -0.25) is 14.3 Å². The van der Waals surface area contributed by atoms with Crippen LogP contribution in [0.1, 0.15) is 50.8 Å². The van der Waals surface area contributed by atoms with Gasteiger partial charge in [-0.1, -0.05) is 24.3 Å². The summed E-state index contributed by atoms with van der Waals surface area (Å²) in [6, 6.07) is 11.5. The fourth-order valence-corrected chi connectivity index (χ4v) is 5.24. The molecule has 2 amide bonds. The third-order valence-electron chi connectivity index (χ3n) is 6.80. The van der Waals surface area contributed by atoms with Gasteiger partial charge in [0.1, 0.15) is 5.69 Å². The number of para-hydroxylation sites is 1. The molecular weight excluding hydrogens is 460 g/mol. The summed E-state index contributed by atoms with van der Waals surface area (Å²) in [7, 11) is 1.78. The molecular formula is C26H26N6O2S. The normalized spacial score (nSPS) is 15.3. The standard InChI is InChI=1S/C26H26N6O2S/c1-30(13-19-15-35-16-27-19)26(34)24-20-14-31(11-10-23(20)32(29-24)12-17-6-7-17)25(33)22-9-8-18-4-2-3-5-21(18)28-22/h2-5,8-9,15-17H,6-7,10-14H2,1H3. The first-order chi connectivity index (χ1) is 17.1. The first-order valence-electron chi connectivity index (χ1n) is 11.9. The van der Waals surface area contributed by atoms with Gasteiger partial charge in [-0.25, -0.2) is 9.97 Å². The van der Waals surface area contributed by atoms with E-state index in [1.807, 2.05) is 40.4 Å². The number of nitrogens with zero attached hydrogens (tertiary/aromatic N) is 6. The third kappa shape index (κ3) is 4.32. The second kappa shape index (κ2) is 8.88. The second-order valence-electron chi connectivity index (χ2n) is 9.41. The second-order valence-corrected chi connectivity index (χ2v) is 10.1. The summed E-state index contributed by atoms with van der Waals surface area (Å²) < 4.78 is 2.02. The van der Waals surface area contributed by atoms with Gasteiger partial charge in [0.25, 0.3) is 11.8 Å². The lowest BCUT2D eigenvalue weighted by Crippen LogP contribution is -2.37. The summed E-state index contributed by atoms with van der Waals surface area (Å²) in [5, 5.41) is 7.73. The Balaban J connectivity index is 1.29. The van der Waals surface area contributed by atoms with E-state index in [-0.39, 0.29) is 11.8 Å². The summed E-state index contributed by atoms with van der Waals surface area (Å²) in [4.78, 5) is 39.2. The monoisotopic (exact) mass is 486 g/mol. The zero-order valence-electron chi connectivity index (χ0n) is 19.6. The minimum atomic E-state index is -0.137. The largest absolute Gasteiger partial charge is 0.334 e. The average molecular weight is 487 g/mol. The van der Waals surface area contributed by atoms with Crippen molar-refractivity contribution in [3.63, 3.8) is 0 Å². The van der Waals surface area contributed by atoms with E-state index in [4.69, 9.17) is 5.10 Å². The Bertz CT molecular complexity index is 1410. The summed E-state index contributed by atoms with van der Waals surface area (Å²) in [5.41, 5.74) is 6.24. The van der Waals surface area contributed by atoms with E-state index in [1.54, 1.807) is 28.4 Å². The lowest BCUT2D eigenvalue weighted by Gasteiger charge is -2.28. The first-order valence-corrected chi connectivity index (χ1v) is 12.9. The number of pyridine rings is 1. The van der Waals surface area contributed by atoms with E-state index in [1.165, 1.54) is 24.2 Å². The maximum absolute atomic E-state index is 13.5. The Morgan fingerprint density at radius 3 is 2.83 bits per heavy atom. The van der Waals surface area contributed by atoms with Gasteiger partial charge in [-0.15, -0.1) is 11.3 Å². The van der Waals surface area contributed by atoms with Crippen LogP contribution < -0.4 is 0 Å². The highest BCUT2D eigenvalue weighted by Crippen LogP contribution is 2.33. The highest BCUT2D eigenvalue weighted by atomic mass is 32.1. The minimum Gasteiger partial charge on any atom is -0.334 e. The number of fused-ring (bicyclic) bond motifs is 2. The first kappa shape index (κ1) is 21.9. The van der Waals surface area contributed by atoms with E-state index in [9.17, 15) is 9.59 Å². The van der Waals surface area contributed by atoms with Crippen LogP contribution in [0.15, 0.2) is 47.3 Å². The minimum absolute atomic E-state index is 0.120. The van der Waals surface area contributed by atoms with Crippen molar-refractivity contribution in [3.8, 4) is 0 Å². The van der Waals surface area contributed by atoms with Crippen LogP contribution in [0.4, 0.5) is 0 Å². The van der Waals surface area contributed by atoms with E-state index >= 15 is 0 Å². The van der Waals surface area contributed by atoms with E-state index < -0.39 is 0 Å². The molecule has 4 aromatic rings. The number of aromatic nitrogens is 4. The van der Waals surface area contributed by atoms with Gasteiger partial charge in [-0.2, -0.15) is 5.10 Å². The molecule has 2 aliphatic rings. The van der Waals surface area contributed by atoms with Crippen LogP contribution in [-0.2, 0) is 26.1 Å². The summed E-state index contributed by atoms with van der Waals surface area (Å²) >= 11 is 1.51. The van der Waals surface area contributed by atoms with Crippen LogP contribution in [0.5, 0.6) is 0 Å². The molecule has 0 radical (unpaired) electrons. The van der Waals surface area contributed by atoms with Crippen molar-refractivity contribution >= 4 is 34.1 Å². The number of hydrogen-bond donors (Lipinski definition) is 0. The van der Waals surface area contributed by atoms with E-state index in [0.717, 1.165) is 34.4 Å². The fourth-order valence-electron chi connectivity index (χ4n) is 4.69. The Morgan fingerprint density at radius 1 is 1.17 bits per heavy atom. The van der Waals surface area contributed by atoms with Gasteiger partial charge in [0.05, 0.1) is 29.8 Å². The smallest absolute Gasteiger partial charge is 0.274 e. The molecule has 0 bridgehead atoms. The predicted molar refractivity (Wildman–Crippen MR) is 133 cm³/mol. The topological polar surface area (TPSA) is 84.2 Å². The van der Waals surface area contributed by atoms with Crippen molar-refractivity contribution in [2.75, 3.05) is 13.6 Å². The van der Waals surface area contributed by atoms with E-state index in [2.05, 4.69) is 9.97 Å². The molecule has 0 saturated heterocycles. The SMILES string of the molecule is CN(Cc1cscn1)C(=O)c1nn(CC2CC2)c2c1CN(C(=O)c1ccc3ccccc3n1)CC2. The van der Waals surface area contributed by atoms with Crippen molar-refractivity contribution in [2.24, 2.45) is 5.92 Å². The zero-order valence-corrected chi connectivity index (χ0v) is 20.4. The highest BCUT2D eigenvalue weighted by Gasteiger charge is 2.33. The van der Waals surface area contributed by atoms with Crippen LogP contribution in [-0.4, -0.2) is 55.0 Å². The van der Waals surface area contributed by atoms with Crippen LogP contribution >= 0.6 is 11.3 Å². The Kier molecular flexibility index (Phi) is 5.56. The molecule has 1 fully saturated rings. The number of hydrogen-bond acceptors (Lipinski definition) is 6. The summed E-state index contributed by atoms with van der Waals surface area (Å²) in [6.45, 7) is 2.21. The van der Waals surface area contributed by atoms with Gasteiger partial charge in [0, 0.05) is 48.6 Å². The number of amides is 2. The molecule has 3 aromatic heterocycles. The molecule has 1 aromatic carbocycles. The zero-order chi connectivity index (χ0) is 23.9. The van der Waals surface area contributed by atoms with Crippen molar-refractivity contribution in [3.05, 3.63) is 75.6 Å². The van der Waals surface area contributed by atoms with Crippen LogP contribution in [0, 0.1) is 5.92 Å². The third-order valence-corrected chi connectivity index (χ3v) is 7.43. The number of carbonyl (C=O) groups excluding carboxylic acids is 2. The Morgan fingerprint density at radius 2 is 2.03 bits per heavy atom. The average Bonchev–Trinajstić information content (AvgIpc) is 3.42. The van der Waals surface area contributed by atoms with Crippen molar-refractivity contribution in [1.29, 1.82) is 0 Å². The highest BCUT2D eigenvalue weighted by molar-refractivity contribution is 7.07. The van der Waals surface area contributed by atoms with E-state index in [0.29, 0.717) is 43.4 Å². The number of thiazole rings is 1. The van der Waals surface area contributed by atoms with Crippen LogP contribution in [0.25, 0.3) is 10.9 Å². The summed E-state index contributed by atoms with van der Waals surface area (Å²) in [5.74, 6) is 0.378. The van der Waals surface area contributed by atoms with Crippen molar-refractivity contribution in [2.45, 2.75) is 38.9 Å². The number of rotatable bonds is 6. The molecule has 0 unspecified atom stereocenters. The van der Waals surface area contributed by atoms with Crippen LogP contribution in [0.3, 0.4) is 0 Å². The predicted octanol–water partition coefficient (Wildman–Crippen LogP) is 3.77. The molecule has 178 valence electrons. The van der Waals surface area contributed by atoms with Crippen molar-refractivity contribution in [1.82, 2.24) is 29.5 Å². The molecule has 4 heterocycles. The van der Waals surface area contributed by atoms with Gasteiger partial charge >= 0.3 is 0 Å². The Hall–Kier alpha value is -3.59.